The van der Waals surface area contributed by atoms with Gasteiger partial charge in [-0.15, -0.1) is 11.8 Å². The van der Waals surface area contributed by atoms with E-state index in [4.69, 9.17) is 10.6 Å². The maximum absolute atomic E-state index is 13.1. The second-order valence-electron chi connectivity index (χ2n) is 7.65. The van der Waals surface area contributed by atoms with Crippen LogP contribution in [0.3, 0.4) is 0 Å². The molecule has 0 radical (unpaired) electrons. The van der Waals surface area contributed by atoms with Gasteiger partial charge in [-0.3, -0.25) is 19.5 Å². The highest BCUT2D eigenvalue weighted by atomic mass is 32.2. The number of hydrogen-bond donors (Lipinski definition) is 3. The average molecular weight is 521 g/mol. The maximum atomic E-state index is 13.1. The Hall–Kier alpha value is -3.63. The minimum absolute atomic E-state index is 0.0385. The third-order valence-electron chi connectivity index (χ3n) is 5.27. The fraction of sp³-hybridized carbons (Fsp3) is 0.368. The van der Waals surface area contributed by atoms with Crippen molar-refractivity contribution < 1.29 is 28.9 Å². The maximum Gasteiger partial charge on any atom is 0.352 e. The molecule has 35 heavy (non-hydrogen) atoms. The summed E-state index contributed by atoms with van der Waals surface area (Å²) in [6, 6.07) is -0.965. The lowest BCUT2D eigenvalue weighted by molar-refractivity contribution is -0.733. The number of β-lactam (4-membered cyclic amide) rings is 1. The number of hydrogen-bond acceptors (Lipinski definition) is 12. The minimum Gasteiger partial charge on any atom is -0.477 e. The number of oxime groups is 1. The van der Waals surface area contributed by atoms with E-state index in [0.717, 1.165) is 11.5 Å². The fourth-order valence-electron chi connectivity index (χ4n) is 3.91. The number of aromatic nitrogens is 4. The molecule has 14 nitrogen and oxygen atoms in total. The van der Waals surface area contributed by atoms with Gasteiger partial charge in [0.15, 0.2) is 17.5 Å². The highest BCUT2D eigenvalue weighted by Crippen LogP contribution is 2.42. The number of likely N-dealkylation sites (N-methyl/N-ethyl adjacent to an activating group) is 1. The molecule has 2 amide bonds. The summed E-state index contributed by atoms with van der Waals surface area (Å²) in [7, 11) is 4.89. The van der Waals surface area contributed by atoms with Crippen LogP contribution in [0, 0.1) is 0 Å². The van der Waals surface area contributed by atoms with Crippen molar-refractivity contribution in [1.29, 1.82) is 0 Å². The molecule has 0 aromatic carbocycles. The zero-order valence-electron chi connectivity index (χ0n) is 18.9. The van der Waals surface area contributed by atoms with E-state index in [1.807, 2.05) is 23.6 Å². The second-order valence-corrected chi connectivity index (χ2v) is 9.54. The zero-order valence-corrected chi connectivity index (χ0v) is 20.5. The van der Waals surface area contributed by atoms with E-state index in [1.165, 1.54) is 23.8 Å². The lowest BCUT2D eigenvalue weighted by Crippen LogP contribution is -2.71. The van der Waals surface area contributed by atoms with Gasteiger partial charge in [0.05, 0.1) is 18.0 Å². The summed E-state index contributed by atoms with van der Waals surface area (Å²) >= 11 is 2.23. The van der Waals surface area contributed by atoms with Crippen molar-refractivity contribution in [2.45, 2.75) is 17.6 Å². The first-order chi connectivity index (χ1) is 16.7. The minimum atomic E-state index is -1.23. The molecular formula is C19H22N9O5S2+. The van der Waals surface area contributed by atoms with E-state index in [0.29, 0.717) is 11.3 Å². The standard InChI is InChI=1S/C19H21N9O5S2/c1-26(2)15(27-6-4-21-5-7-27)9-8-34-17-11(16(30)28(17)12(9)18(31)32)22-14(29)10(24-33-3)13-23-19(20)35-25-13/h4-7,11,15,17H,8H2,1-3H3,(H3-,20,22,23,25,29,31,32)/p+1/b24-10-/t11?,15?,17-/m1/s1. The van der Waals surface area contributed by atoms with Crippen LogP contribution in [0.2, 0.25) is 0 Å². The fourth-order valence-corrected chi connectivity index (χ4v) is 5.71. The van der Waals surface area contributed by atoms with Gasteiger partial charge in [-0.1, -0.05) is 5.16 Å². The molecule has 2 aliphatic rings. The molecule has 184 valence electrons. The molecule has 2 aliphatic heterocycles. The van der Waals surface area contributed by atoms with E-state index >= 15 is 0 Å². The van der Waals surface area contributed by atoms with Gasteiger partial charge >= 0.3 is 5.97 Å². The summed E-state index contributed by atoms with van der Waals surface area (Å²) in [6.07, 6.45) is 6.19. The van der Waals surface area contributed by atoms with Crippen LogP contribution >= 0.6 is 23.3 Å². The van der Waals surface area contributed by atoms with Crippen LogP contribution in [-0.2, 0) is 19.2 Å². The Bertz CT molecular complexity index is 1220. The number of aliphatic carboxylic acids is 1. The van der Waals surface area contributed by atoms with Crippen molar-refractivity contribution in [3.8, 4) is 0 Å². The van der Waals surface area contributed by atoms with Crippen molar-refractivity contribution >= 4 is 51.9 Å². The molecule has 2 aromatic rings. The normalized spacial score (nSPS) is 20.9. The lowest BCUT2D eigenvalue weighted by Gasteiger charge is -2.49. The number of carbonyl (C=O) groups is 3. The Kier molecular flexibility index (Phi) is 6.95. The average Bonchev–Trinajstić information content (AvgIpc) is 3.26. The van der Waals surface area contributed by atoms with Gasteiger partial charge in [-0.25, -0.2) is 9.69 Å². The number of nitrogens with one attached hydrogen (secondary N) is 1. The Morgan fingerprint density at radius 2 is 2.11 bits per heavy atom. The van der Waals surface area contributed by atoms with Crippen LogP contribution in [0.15, 0.2) is 41.2 Å². The molecule has 0 bridgehead atoms. The smallest absolute Gasteiger partial charge is 0.352 e. The van der Waals surface area contributed by atoms with Crippen LogP contribution < -0.4 is 15.6 Å². The van der Waals surface area contributed by atoms with E-state index < -0.39 is 35.4 Å². The Morgan fingerprint density at radius 1 is 1.40 bits per heavy atom. The largest absolute Gasteiger partial charge is 0.477 e. The molecule has 2 aromatic heterocycles. The SMILES string of the molecule is CO/N=C(\C(=O)NC1C(=O)N2C(C(=O)O)=C(C(N(C)C)[n+]3ccncc3)CS[C@H]12)c1nsc(N)n1. The predicted molar refractivity (Wildman–Crippen MR) is 125 cm³/mol. The van der Waals surface area contributed by atoms with Crippen molar-refractivity contribution in [3.63, 3.8) is 0 Å². The van der Waals surface area contributed by atoms with E-state index in [2.05, 4.69) is 24.8 Å². The molecule has 0 saturated carbocycles. The number of anilines is 1. The Labute approximate surface area is 207 Å². The molecule has 4 rings (SSSR count). The van der Waals surface area contributed by atoms with E-state index in [1.54, 1.807) is 24.8 Å². The van der Waals surface area contributed by atoms with Crippen LogP contribution in [-0.4, -0.2) is 91.1 Å². The summed E-state index contributed by atoms with van der Waals surface area (Å²) < 4.78 is 5.77. The lowest BCUT2D eigenvalue weighted by atomic mass is 10.0. The van der Waals surface area contributed by atoms with Crippen molar-refractivity contribution in [3.05, 3.63) is 41.9 Å². The summed E-state index contributed by atoms with van der Waals surface area (Å²) in [5.74, 6) is -2.24. The van der Waals surface area contributed by atoms with Crippen LogP contribution in [0.5, 0.6) is 0 Å². The molecule has 1 fully saturated rings. The first-order valence-electron chi connectivity index (χ1n) is 10.1. The summed E-state index contributed by atoms with van der Waals surface area (Å²) in [6.45, 7) is 0. The monoisotopic (exact) mass is 520 g/mol. The number of nitrogens with zero attached hydrogens (tertiary/aromatic N) is 7. The van der Waals surface area contributed by atoms with Gasteiger partial charge in [0.2, 0.25) is 17.7 Å². The van der Waals surface area contributed by atoms with Gasteiger partial charge in [0, 0.05) is 17.3 Å². The van der Waals surface area contributed by atoms with E-state index in [-0.39, 0.29) is 22.4 Å². The van der Waals surface area contributed by atoms with E-state index in [9.17, 15) is 19.5 Å². The number of carbonyl (C=O) groups excluding carboxylic acids is 2. The summed E-state index contributed by atoms with van der Waals surface area (Å²) in [4.78, 5) is 54.0. The van der Waals surface area contributed by atoms with Crippen LogP contribution in [0.1, 0.15) is 12.0 Å². The molecule has 4 N–H and O–H groups in total. The highest BCUT2D eigenvalue weighted by molar-refractivity contribution is 8.00. The van der Waals surface area contributed by atoms with Gasteiger partial charge in [-0.2, -0.15) is 13.9 Å². The Morgan fingerprint density at radius 3 is 2.69 bits per heavy atom. The molecular weight excluding hydrogens is 498 g/mol. The van der Waals surface area contributed by atoms with Crippen molar-refractivity contribution in [2.24, 2.45) is 5.16 Å². The molecule has 2 unspecified atom stereocenters. The van der Waals surface area contributed by atoms with Crippen molar-refractivity contribution in [1.82, 2.24) is 29.5 Å². The topological polar surface area (TPSA) is 180 Å². The second kappa shape index (κ2) is 9.93. The van der Waals surface area contributed by atoms with Crippen LogP contribution in [0.4, 0.5) is 5.13 Å². The van der Waals surface area contributed by atoms with Gasteiger partial charge in [0.1, 0.15) is 24.2 Å². The van der Waals surface area contributed by atoms with Gasteiger partial charge < -0.3 is 21.0 Å². The molecule has 3 atom stereocenters. The zero-order chi connectivity index (χ0) is 25.3. The first-order valence-corrected chi connectivity index (χ1v) is 12.0. The highest BCUT2D eigenvalue weighted by Gasteiger charge is 2.56. The number of fused-ring (bicyclic) bond motifs is 1. The molecule has 0 aliphatic carbocycles. The molecule has 16 heteroatoms. The third kappa shape index (κ3) is 4.54. The van der Waals surface area contributed by atoms with Gasteiger partial charge in [0.25, 0.3) is 11.8 Å². The number of thioether (sulfide) groups is 1. The number of carboxylic acid groups (broad SMARTS) is 1. The number of amides is 2. The summed E-state index contributed by atoms with van der Waals surface area (Å²) in [5.41, 5.74) is 5.78. The van der Waals surface area contributed by atoms with Gasteiger partial charge in [-0.05, 0) is 14.1 Å². The van der Waals surface area contributed by atoms with Crippen molar-refractivity contribution in [2.75, 3.05) is 32.7 Å². The number of nitrogens with two attached hydrogens (primary N) is 1. The van der Waals surface area contributed by atoms with Crippen LogP contribution in [0.25, 0.3) is 0 Å². The Balaban J connectivity index is 1.61. The molecule has 1 saturated heterocycles. The number of carboxylic acids is 1. The number of nitrogen functional groups attached to an aromatic ring is 1. The molecule has 0 spiro atoms. The molecule has 4 heterocycles. The summed E-state index contributed by atoms with van der Waals surface area (Å²) in [5, 5.41) is 15.8. The quantitative estimate of drug-likeness (QED) is 0.162. The number of rotatable bonds is 8. The predicted octanol–water partition coefficient (Wildman–Crippen LogP) is -1.35. The first kappa shape index (κ1) is 24.5. The third-order valence-corrected chi connectivity index (χ3v) is 7.12.